The molecule has 13 heavy (non-hydrogen) atoms. The van der Waals surface area contributed by atoms with Crippen LogP contribution in [0.3, 0.4) is 0 Å². The number of hydrogen-bond acceptors (Lipinski definition) is 3. The van der Waals surface area contributed by atoms with Crippen LogP contribution < -0.4 is 5.46 Å². The van der Waals surface area contributed by atoms with Gasteiger partial charge in [-0.3, -0.25) is 4.98 Å². The van der Waals surface area contributed by atoms with Gasteiger partial charge in [0.25, 0.3) is 0 Å². The molecular weight excluding hydrogens is 188 g/mol. The highest BCUT2D eigenvalue weighted by Crippen LogP contribution is 2.38. The molecule has 1 aromatic heterocycles. The molecule has 0 radical (unpaired) electrons. The Morgan fingerprint density at radius 1 is 1.38 bits per heavy atom. The maximum atomic E-state index is 8.88. The van der Waals surface area contributed by atoms with Crippen LogP contribution in [0.2, 0.25) is 0 Å². The average molecular weight is 199 g/mol. The fraction of sp³-hybridized carbons (Fsp3) is 0.375. The summed E-state index contributed by atoms with van der Waals surface area (Å²) in [4.78, 5) is 4.16. The monoisotopic (exact) mass is 199 g/mol. The Morgan fingerprint density at radius 2 is 2.08 bits per heavy atom. The number of nitrogens with zero attached hydrogens (tertiary/aromatic N) is 1. The van der Waals surface area contributed by atoms with Gasteiger partial charge < -0.3 is 10.0 Å². The van der Waals surface area contributed by atoms with E-state index in [1.54, 1.807) is 18.3 Å². The molecule has 0 bridgehead atoms. The van der Waals surface area contributed by atoms with Gasteiger partial charge in [-0.25, -0.2) is 0 Å². The molecule has 0 aromatic carbocycles. The van der Waals surface area contributed by atoms with Crippen molar-refractivity contribution in [3.8, 4) is 0 Å². The molecule has 0 atom stereocenters. The fourth-order valence-electron chi connectivity index (χ4n) is 1.23. The van der Waals surface area contributed by atoms with Crippen LogP contribution in [0, 0.1) is 0 Å². The van der Waals surface area contributed by atoms with Crippen LogP contribution in [-0.4, -0.2) is 22.2 Å². The second-order valence-corrected chi connectivity index (χ2v) is 3.16. The van der Waals surface area contributed by atoms with Crippen molar-refractivity contribution in [2.45, 2.75) is 18.8 Å². The number of aromatic nitrogens is 1. The van der Waals surface area contributed by atoms with Crippen LogP contribution in [0.1, 0.15) is 24.5 Å². The second kappa shape index (κ2) is 4.09. The standard InChI is InChI=1S/C8H10BNO2.ClH/c11-9(12)7-3-4-10-8(5-7)6-1-2-6;/h3-6,11-12H,1-2H2;1H. The smallest absolute Gasteiger partial charge is 0.423 e. The highest BCUT2D eigenvalue weighted by Gasteiger charge is 2.25. The lowest BCUT2D eigenvalue weighted by molar-refractivity contribution is 0.425. The molecule has 1 fully saturated rings. The van der Waals surface area contributed by atoms with E-state index in [0.717, 1.165) is 5.69 Å². The Bertz CT molecular complexity index is 274. The Kier molecular flexibility index (Phi) is 3.30. The first kappa shape index (κ1) is 10.5. The van der Waals surface area contributed by atoms with E-state index in [1.165, 1.54) is 12.8 Å². The van der Waals surface area contributed by atoms with Gasteiger partial charge in [-0.05, 0) is 30.4 Å². The molecule has 0 unspecified atom stereocenters. The minimum atomic E-state index is -1.37. The average Bonchev–Trinajstić information content (AvgIpc) is 2.87. The molecule has 0 saturated heterocycles. The summed E-state index contributed by atoms with van der Waals surface area (Å²) in [5.74, 6) is 0.559. The van der Waals surface area contributed by atoms with Crippen LogP contribution in [0.4, 0.5) is 0 Å². The molecule has 1 aliphatic carbocycles. The molecular formula is C8H11BClNO2. The van der Waals surface area contributed by atoms with Crippen molar-refractivity contribution in [2.24, 2.45) is 0 Å². The maximum absolute atomic E-state index is 8.88. The van der Waals surface area contributed by atoms with Crippen molar-refractivity contribution >= 4 is 25.0 Å². The Morgan fingerprint density at radius 3 is 2.62 bits per heavy atom. The molecule has 2 N–H and O–H groups in total. The van der Waals surface area contributed by atoms with Crippen LogP contribution in [0.25, 0.3) is 0 Å². The molecule has 0 aliphatic heterocycles. The Labute approximate surface area is 83.4 Å². The minimum Gasteiger partial charge on any atom is -0.423 e. The van der Waals surface area contributed by atoms with Crippen molar-refractivity contribution in [1.29, 1.82) is 0 Å². The SMILES string of the molecule is Cl.OB(O)c1ccnc(C2CC2)c1. The molecule has 5 heteroatoms. The molecule has 1 saturated carbocycles. The van der Waals surface area contributed by atoms with E-state index in [-0.39, 0.29) is 12.4 Å². The van der Waals surface area contributed by atoms with E-state index in [4.69, 9.17) is 10.0 Å². The van der Waals surface area contributed by atoms with Crippen LogP contribution in [0.15, 0.2) is 18.3 Å². The van der Waals surface area contributed by atoms with E-state index in [1.807, 2.05) is 0 Å². The third kappa shape index (κ3) is 2.43. The molecule has 0 amide bonds. The number of pyridine rings is 1. The van der Waals surface area contributed by atoms with Gasteiger partial charge in [-0.1, -0.05) is 0 Å². The van der Waals surface area contributed by atoms with E-state index >= 15 is 0 Å². The highest BCUT2D eigenvalue weighted by atomic mass is 35.5. The molecule has 2 rings (SSSR count). The van der Waals surface area contributed by atoms with Crippen molar-refractivity contribution in [3.63, 3.8) is 0 Å². The number of halogens is 1. The molecule has 0 spiro atoms. The van der Waals surface area contributed by atoms with Crippen molar-refractivity contribution in [1.82, 2.24) is 4.98 Å². The van der Waals surface area contributed by atoms with Gasteiger partial charge in [-0.2, -0.15) is 0 Å². The number of rotatable bonds is 2. The summed E-state index contributed by atoms with van der Waals surface area (Å²) in [6.45, 7) is 0. The van der Waals surface area contributed by atoms with Crippen LogP contribution in [0.5, 0.6) is 0 Å². The summed E-state index contributed by atoms with van der Waals surface area (Å²) in [6, 6.07) is 3.39. The summed E-state index contributed by atoms with van der Waals surface area (Å²) in [5.41, 5.74) is 1.52. The minimum absolute atomic E-state index is 0. The van der Waals surface area contributed by atoms with Gasteiger partial charge in [0, 0.05) is 17.8 Å². The molecule has 1 heterocycles. The Hall–Kier alpha value is -0.575. The zero-order chi connectivity index (χ0) is 8.55. The zero-order valence-corrected chi connectivity index (χ0v) is 7.87. The summed E-state index contributed by atoms with van der Waals surface area (Å²) in [5, 5.41) is 17.8. The molecule has 1 aromatic rings. The number of hydrogen-bond donors (Lipinski definition) is 2. The highest BCUT2D eigenvalue weighted by molar-refractivity contribution is 6.58. The molecule has 1 aliphatic rings. The third-order valence-electron chi connectivity index (χ3n) is 2.10. The first-order valence-electron chi connectivity index (χ1n) is 4.09. The van der Waals surface area contributed by atoms with E-state index in [2.05, 4.69) is 4.98 Å². The lowest BCUT2D eigenvalue weighted by Gasteiger charge is -2.00. The second-order valence-electron chi connectivity index (χ2n) is 3.16. The topological polar surface area (TPSA) is 53.4 Å². The van der Waals surface area contributed by atoms with Crippen molar-refractivity contribution in [3.05, 3.63) is 24.0 Å². The Balaban J connectivity index is 0.000000845. The van der Waals surface area contributed by atoms with Crippen LogP contribution >= 0.6 is 12.4 Å². The van der Waals surface area contributed by atoms with E-state index in [0.29, 0.717) is 11.4 Å². The van der Waals surface area contributed by atoms with Crippen molar-refractivity contribution < 1.29 is 10.0 Å². The first-order chi connectivity index (χ1) is 5.77. The van der Waals surface area contributed by atoms with Gasteiger partial charge in [0.05, 0.1) is 0 Å². The first-order valence-corrected chi connectivity index (χ1v) is 4.09. The molecule has 3 nitrogen and oxygen atoms in total. The maximum Gasteiger partial charge on any atom is 0.488 e. The third-order valence-corrected chi connectivity index (χ3v) is 2.10. The summed E-state index contributed by atoms with van der Waals surface area (Å²) < 4.78 is 0. The van der Waals surface area contributed by atoms with Crippen molar-refractivity contribution in [2.75, 3.05) is 0 Å². The molecule has 70 valence electrons. The van der Waals surface area contributed by atoms with Gasteiger partial charge in [0.1, 0.15) is 0 Å². The van der Waals surface area contributed by atoms with Gasteiger partial charge in [0.2, 0.25) is 0 Å². The van der Waals surface area contributed by atoms with Gasteiger partial charge in [0.15, 0.2) is 0 Å². The van der Waals surface area contributed by atoms with Gasteiger partial charge >= 0.3 is 7.12 Å². The zero-order valence-electron chi connectivity index (χ0n) is 7.05. The lowest BCUT2D eigenvalue weighted by atomic mass is 9.80. The van der Waals surface area contributed by atoms with Crippen LogP contribution in [-0.2, 0) is 0 Å². The predicted molar refractivity (Wildman–Crippen MR) is 53.3 cm³/mol. The summed E-state index contributed by atoms with van der Waals surface area (Å²) >= 11 is 0. The normalized spacial score (nSPS) is 14.9. The predicted octanol–water partition coefficient (Wildman–Crippen LogP) is 0.0606. The van der Waals surface area contributed by atoms with E-state index in [9.17, 15) is 0 Å². The summed E-state index contributed by atoms with van der Waals surface area (Å²) in [7, 11) is -1.37. The fourth-order valence-corrected chi connectivity index (χ4v) is 1.23. The van der Waals surface area contributed by atoms with E-state index < -0.39 is 7.12 Å². The summed E-state index contributed by atoms with van der Waals surface area (Å²) in [6.07, 6.45) is 3.98. The quantitative estimate of drug-likeness (QED) is 0.663. The van der Waals surface area contributed by atoms with Gasteiger partial charge in [-0.15, -0.1) is 12.4 Å². The lowest BCUT2D eigenvalue weighted by Crippen LogP contribution is -2.30. The largest absolute Gasteiger partial charge is 0.488 e.